The van der Waals surface area contributed by atoms with Gasteiger partial charge in [0.05, 0.1) is 6.61 Å². The first-order valence-corrected chi connectivity index (χ1v) is 7.81. The molecule has 23 heavy (non-hydrogen) atoms. The highest BCUT2D eigenvalue weighted by Gasteiger charge is 2.05. The monoisotopic (exact) mass is 435 g/mol. The van der Waals surface area contributed by atoms with Crippen molar-refractivity contribution in [3.05, 3.63) is 29.8 Å². The standard InChI is InChI=1S/C17H29N3O2.HI/c1-14(2)13-22-16-9-6-5-8-15(16)12-20-17(18-3)19-10-7-11-21-4;/h5-6,8-9,14H,7,10-13H2,1-4H3,(H2,18,19,20);1H. The van der Waals surface area contributed by atoms with Crippen LogP contribution in [0.15, 0.2) is 29.3 Å². The van der Waals surface area contributed by atoms with Gasteiger partial charge < -0.3 is 20.1 Å². The zero-order valence-corrected chi connectivity index (χ0v) is 16.9. The third-order valence-corrected chi connectivity index (χ3v) is 3.03. The molecule has 5 nitrogen and oxygen atoms in total. The van der Waals surface area contributed by atoms with Crippen LogP contribution in [0.25, 0.3) is 0 Å². The molecule has 0 saturated heterocycles. The van der Waals surface area contributed by atoms with E-state index in [0.29, 0.717) is 12.5 Å². The molecule has 0 aliphatic rings. The van der Waals surface area contributed by atoms with Crippen LogP contribution >= 0.6 is 24.0 Å². The van der Waals surface area contributed by atoms with Crippen LogP contribution in [0.5, 0.6) is 5.75 Å². The molecule has 0 aliphatic carbocycles. The summed E-state index contributed by atoms with van der Waals surface area (Å²) in [4.78, 5) is 4.22. The molecule has 1 aromatic rings. The normalized spacial score (nSPS) is 11.1. The number of para-hydroxylation sites is 1. The number of hydrogen-bond donors (Lipinski definition) is 2. The lowest BCUT2D eigenvalue weighted by atomic mass is 10.2. The third-order valence-electron chi connectivity index (χ3n) is 3.03. The van der Waals surface area contributed by atoms with Crippen molar-refractivity contribution < 1.29 is 9.47 Å². The molecule has 0 bridgehead atoms. The minimum absolute atomic E-state index is 0. The van der Waals surface area contributed by atoms with E-state index in [0.717, 1.165) is 43.5 Å². The largest absolute Gasteiger partial charge is 0.493 e. The van der Waals surface area contributed by atoms with Crippen LogP contribution in [0.2, 0.25) is 0 Å². The number of guanidine groups is 1. The van der Waals surface area contributed by atoms with E-state index in [1.54, 1.807) is 14.2 Å². The predicted octanol–water partition coefficient (Wildman–Crippen LogP) is 3.04. The van der Waals surface area contributed by atoms with Gasteiger partial charge in [-0.3, -0.25) is 4.99 Å². The Bertz CT molecular complexity index is 453. The summed E-state index contributed by atoms with van der Waals surface area (Å²) in [6.07, 6.45) is 0.950. The predicted molar refractivity (Wildman–Crippen MR) is 107 cm³/mol. The fourth-order valence-electron chi connectivity index (χ4n) is 1.87. The highest BCUT2D eigenvalue weighted by atomic mass is 127. The van der Waals surface area contributed by atoms with Crippen LogP contribution in [0.3, 0.4) is 0 Å². The molecule has 1 rings (SSSR count). The van der Waals surface area contributed by atoms with Crippen molar-refractivity contribution in [2.75, 3.05) is 33.9 Å². The van der Waals surface area contributed by atoms with Crippen LogP contribution < -0.4 is 15.4 Å². The Morgan fingerprint density at radius 1 is 1.22 bits per heavy atom. The van der Waals surface area contributed by atoms with E-state index in [2.05, 4.69) is 35.5 Å². The number of halogens is 1. The minimum Gasteiger partial charge on any atom is -0.493 e. The van der Waals surface area contributed by atoms with Crippen molar-refractivity contribution in [1.82, 2.24) is 10.6 Å². The molecule has 0 atom stereocenters. The number of rotatable bonds is 9. The maximum absolute atomic E-state index is 5.86. The van der Waals surface area contributed by atoms with Gasteiger partial charge in [-0.25, -0.2) is 0 Å². The molecular weight excluding hydrogens is 405 g/mol. The summed E-state index contributed by atoms with van der Waals surface area (Å²) < 4.78 is 10.9. The van der Waals surface area contributed by atoms with Crippen molar-refractivity contribution in [3.8, 4) is 5.75 Å². The first-order valence-electron chi connectivity index (χ1n) is 7.81. The molecule has 6 heteroatoms. The van der Waals surface area contributed by atoms with Crippen molar-refractivity contribution in [2.45, 2.75) is 26.8 Å². The van der Waals surface area contributed by atoms with Crippen molar-refractivity contribution in [3.63, 3.8) is 0 Å². The maximum Gasteiger partial charge on any atom is 0.191 e. The number of ether oxygens (including phenoxy) is 2. The van der Waals surface area contributed by atoms with Crippen LogP contribution in [0.4, 0.5) is 0 Å². The van der Waals surface area contributed by atoms with Gasteiger partial charge in [0.1, 0.15) is 5.75 Å². The molecule has 0 unspecified atom stereocenters. The first kappa shape index (κ1) is 22.0. The van der Waals surface area contributed by atoms with Crippen LogP contribution in [0.1, 0.15) is 25.8 Å². The van der Waals surface area contributed by atoms with Crippen LogP contribution in [-0.2, 0) is 11.3 Å². The van der Waals surface area contributed by atoms with Gasteiger partial charge in [-0.1, -0.05) is 32.0 Å². The summed E-state index contributed by atoms with van der Waals surface area (Å²) in [5, 5.41) is 6.57. The molecule has 132 valence electrons. The van der Waals surface area contributed by atoms with E-state index >= 15 is 0 Å². The number of hydrogen-bond acceptors (Lipinski definition) is 3. The van der Waals surface area contributed by atoms with Crippen LogP contribution in [0, 0.1) is 5.92 Å². The number of benzene rings is 1. The summed E-state index contributed by atoms with van der Waals surface area (Å²) in [7, 11) is 3.48. The minimum atomic E-state index is 0. The van der Waals surface area contributed by atoms with E-state index in [9.17, 15) is 0 Å². The lowest BCUT2D eigenvalue weighted by molar-refractivity contribution is 0.195. The fraction of sp³-hybridized carbons (Fsp3) is 0.588. The summed E-state index contributed by atoms with van der Waals surface area (Å²) in [5.41, 5.74) is 1.13. The Balaban J connectivity index is 0.00000484. The highest BCUT2D eigenvalue weighted by Crippen LogP contribution is 2.18. The average molecular weight is 435 g/mol. The Labute approximate surface area is 157 Å². The van der Waals surface area contributed by atoms with Crippen molar-refractivity contribution in [1.29, 1.82) is 0 Å². The second-order valence-corrected chi connectivity index (χ2v) is 5.51. The van der Waals surface area contributed by atoms with E-state index < -0.39 is 0 Å². The van der Waals surface area contributed by atoms with Crippen molar-refractivity contribution >= 4 is 29.9 Å². The molecule has 0 aromatic heterocycles. The molecule has 0 spiro atoms. The summed E-state index contributed by atoms with van der Waals surface area (Å²) >= 11 is 0. The second-order valence-electron chi connectivity index (χ2n) is 5.51. The van der Waals surface area contributed by atoms with Gasteiger partial charge in [0.2, 0.25) is 0 Å². The van der Waals surface area contributed by atoms with Gasteiger partial charge in [0, 0.05) is 39.4 Å². The first-order chi connectivity index (χ1) is 10.7. The Hall–Kier alpha value is -1.02. The maximum atomic E-state index is 5.86. The van der Waals surface area contributed by atoms with Gasteiger partial charge in [0.25, 0.3) is 0 Å². The van der Waals surface area contributed by atoms with Gasteiger partial charge in [-0.05, 0) is 18.4 Å². The fourth-order valence-corrected chi connectivity index (χ4v) is 1.87. The number of nitrogens with zero attached hydrogens (tertiary/aromatic N) is 1. The zero-order chi connectivity index (χ0) is 16.2. The molecule has 0 radical (unpaired) electrons. The highest BCUT2D eigenvalue weighted by molar-refractivity contribution is 14.0. The number of methoxy groups -OCH3 is 1. The quantitative estimate of drug-likeness (QED) is 0.271. The molecule has 2 N–H and O–H groups in total. The van der Waals surface area contributed by atoms with E-state index in [-0.39, 0.29) is 24.0 Å². The molecule has 0 fully saturated rings. The SMILES string of the molecule is CN=C(NCCCOC)NCc1ccccc1OCC(C)C.I. The molecular formula is C17H30IN3O2. The molecule has 0 saturated carbocycles. The lowest BCUT2D eigenvalue weighted by Crippen LogP contribution is -2.37. The Kier molecular flexibility index (Phi) is 12.8. The average Bonchev–Trinajstić information content (AvgIpc) is 2.53. The summed E-state index contributed by atoms with van der Waals surface area (Å²) in [6, 6.07) is 8.10. The van der Waals surface area contributed by atoms with E-state index in [1.165, 1.54) is 0 Å². The molecule has 1 aromatic carbocycles. The lowest BCUT2D eigenvalue weighted by Gasteiger charge is -2.15. The van der Waals surface area contributed by atoms with E-state index in [4.69, 9.17) is 9.47 Å². The summed E-state index contributed by atoms with van der Waals surface area (Å²) in [5.74, 6) is 2.23. The summed E-state index contributed by atoms with van der Waals surface area (Å²) in [6.45, 7) is 7.27. The van der Waals surface area contributed by atoms with Crippen LogP contribution in [-0.4, -0.2) is 39.9 Å². The molecule has 0 amide bonds. The van der Waals surface area contributed by atoms with Crippen molar-refractivity contribution in [2.24, 2.45) is 10.9 Å². The molecule has 0 heterocycles. The van der Waals surface area contributed by atoms with Gasteiger partial charge in [0.15, 0.2) is 5.96 Å². The topological polar surface area (TPSA) is 54.9 Å². The van der Waals surface area contributed by atoms with E-state index in [1.807, 2.05) is 18.2 Å². The Morgan fingerprint density at radius 3 is 2.61 bits per heavy atom. The zero-order valence-electron chi connectivity index (χ0n) is 14.6. The van der Waals surface area contributed by atoms with Gasteiger partial charge >= 0.3 is 0 Å². The smallest absolute Gasteiger partial charge is 0.191 e. The Morgan fingerprint density at radius 2 is 1.96 bits per heavy atom. The second kappa shape index (κ2) is 13.4. The van der Waals surface area contributed by atoms with Gasteiger partial charge in [-0.15, -0.1) is 24.0 Å². The van der Waals surface area contributed by atoms with Gasteiger partial charge in [-0.2, -0.15) is 0 Å². The third kappa shape index (κ3) is 9.65. The number of aliphatic imine (C=N–C) groups is 1. The molecule has 0 aliphatic heterocycles. The number of nitrogens with one attached hydrogen (secondary N) is 2.